The third-order valence-electron chi connectivity index (χ3n) is 3.87. The molecule has 0 aliphatic heterocycles. The summed E-state index contributed by atoms with van der Waals surface area (Å²) < 4.78 is 11.3. The van der Waals surface area contributed by atoms with Gasteiger partial charge < -0.3 is 19.9 Å². The molecule has 0 fully saturated rings. The SMILES string of the molecule is CC(=O)Nc1ccc(CCCOC(C=N)CCc2ccc(C)o2)cc1. The van der Waals surface area contributed by atoms with Gasteiger partial charge in [-0.25, -0.2) is 0 Å². The number of carbonyl (C=O) groups excluding carboxylic acids is 1. The third-order valence-corrected chi connectivity index (χ3v) is 3.87. The Morgan fingerprint density at radius 3 is 2.60 bits per heavy atom. The molecule has 0 spiro atoms. The minimum absolute atomic E-state index is 0.0662. The monoisotopic (exact) mass is 342 g/mol. The van der Waals surface area contributed by atoms with Crippen LogP contribution in [0.1, 0.15) is 36.8 Å². The van der Waals surface area contributed by atoms with Gasteiger partial charge in [0.15, 0.2) is 0 Å². The molecule has 2 N–H and O–H groups in total. The largest absolute Gasteiger partial charge is 0.466 e. The lowest BCUT2D eigenvalue weighted by molar-refractivity contribution is -0.114. The first kappa shape index (κ1) is 18.9. The van der Waals surface area contributed by atoms with Gasteiger partial charge in [-0.2, -0.15) is 0 Å². The van der Waals surface area contributed by atoms with Gasteiger partial charge >= 0.3 is 0 Å². The Morgan fingerprint density at radius 2 is 2.00 bits per heavy atom. The Morgan fingerprint density at radius 1 is 1.24 bits per heavy atom. The fourth-order valence-electron chi connectivity index (χ4n) is 2.59. The zero-order valence-electron chi connectivity index (χ0n) is 14.9. The maximum absolute atomic E-state index is 11.0. The van der Waals surface area contributed by atoms with Crippen LogP contribution in [0.15, 0.2) is 40.8 Å². The average molecular weight is 342 g/mol. The smallest absolute Gasteiger partial charge is 0.221 e. The van der Waals surface area contributed by atoms with E-state index in [1.807, 2.05) is 43.3 Å². The molecule has 0 saturated heterocycles. The van der Waals surface area contributed by atoms with Crippen molar-refractivity contribution in [3.05, 3.63) is 53.5 Å². The van der Waals surface area contributed by atoms with Gasteiger partial charge in [0.05, 0.1) is 6.10 Å². The molecule has 1 heterocycles. The molecule has 134 valence electrons. The van der Waals surface area contributed by atoms with E-state index < -0.39 is 0 Å². The minimum atomic E-state index is -0.174. The van der Waals surface area contributed by atoms with Crippen molar-refractivity contribution < 1.29 is 13.9 Å². The number of anilines is 1. The van der Waals surface area contributed by atoms with Crippen LogP contribution in [0, 0.1) is 12.3 Å². The molecule has 0 aliphatic rings. The number of hydrogen-bond donors (Lipinski definition) is 2. The molecular formula is C20H26N2O3. The summed E-state index contributed by atoms with van der Waals surface area (Å²) in [7, 11) is 0. The predicted molar refractivity (Wildman–Crippen MR) is 99.4 cm³/mol. The van der Waals surface area contributed by atoms with Gasteiger partial charge in [-0.15, -0.1) is 0 Å². The summed E-state index contributed by atoms with van der Waals surface area (Å²) in [5.41, 5.74) is 2.01. The van der Waals surface area contributed by atoms with Gasteiger partial charge in [-0.1, -0.05) is 12.1 Å². The summed E-state index contributed by atoms with van der Waals surface area (Å²) >= 11 is 0. The number of carbonyl (C=O) groups is 1. The van der Waals surface area contributed by atoms with Crippen LogP contribution < -0.4 is 5.32 Å². The Bertz CT molecular complexity index is 677. The predicted octanol–water partition coefficient (Wildman–Crippen LogP) is 4.15. The fraction of sp³-hybridized carbons (Fsp3) is 0.400. The molecular weight excluding hydrogens is 316 g/mol. The lowest BCUT2D eigenvalue weighted by Gasteiger charge is -2.12. The fourth-order valence-corrected chi connectivity index (χ4v) is 2.59. The van der Waals surface area contributed by atoms with Crippen LogP contribution in [0.3, 0.4) is 0 Å². The zero-order valence-corrected chi connectivity index (χ0v) is 14.9. The van der Waals surface area contributed by atoms with E-state index in [0.717, 1.165) is 42.9 Å². The van der Waals surface area contributed by atoms with E-state index in [4.69, 9.17) is 14.6 Å². The highest BCUT2D eigenvalue weighted by atomic mass is 16.5. The van der Waals surface area contributed by atoms with E-state index in [0.29, 0.717) is 6.61 Å². The number of amides is 1. The highest BCUT2D eigenvalue weighted by Crippen LogP contribution is 2.13. The second kappa shape index (κ2) is 9.79. The molecule has 2 aromatic rings. The molecule has 0 bridgehead atoms. The summed E-state index contributed by atoms with van der Waals surface area (Å²) in [6.45, 7) is 4.04. The van der Waals surface area contributed by atoms with E-state index in [9.17, 15) is 4.79 Å². The van der Waals surface area contributed by atoms with Crippen molar-refractivity contribution in [3.8, 4) is 0 Å². The van der Waals surface area contributed by atoms with Gasteiger partial charge in [-0.05, 0) is 56.0 Å². The van der Waals surface area contributed by atoms with Crippen molar-refractivity contribution in [2.75, 3.05) is 11.9 Å². The molecule has 5 heteroatoms. The first-order chi connectivity index (χ1) is 12.1. The zero-order chi connectivity index (χ0) is 18.1. The second-order valence-corrected chi connectivity index (χ2v) is 6.11. The topological polar surface area (TPSA) is 75.3 Å². The second-order valence-electron chi connectivity index (χ2n) is 6.11. The molecule has 1 aromatic carbocycles. The Labute approximate surface area is 148 Å². The molecule has 25 heavy (non-hydrogen) atoms. The van der Waals surface area contributed by atoms with E-state index in [1.165, 1.54) is 18.7 Å². The molecule has 5 nitrogen and oxygen atoms in total. The number of aryl methyl sites for hydroxylation is 3. The lowest BCUT2D eigenvalue weighted by atomic mass is 10.1. The molecule has 1 amide bonds. The van der Waals surface area contributed by atoms with E-state index in [2.05, 4.69) is 5.32 Å². The van der Waals surface area contributed by atoms with Crippen LogP contribution in [-0.4, -0.2) is 24.8 Å². The van der Waals surface area contributed by atoms with Gasteiger partial charge in [0.25, 0.3) is 0 Å². The Kier molecular flexibility index (Phi) is 7.41. The van der Waals surface area contributed by atoms with E-state index in [1.54, 1.807) is 0 Å². The Hall–Kier alpha value is -2.40. The van der Waals surface area contributed by atoms with Gasteiger partial charge in [0, 0.05) is 31.9 Å². The quantitative estimate of drug-likeness (QED) is 0.503. The van der Waals surface area contributed by atoms with Crippen LogP contribution in [0.25, 0.3) is 0 Å². The maximum atomic E-state index is 11.0. The van der Waals surface area contributed by atoms with Gasteiger partial charge in [-0.3, -0.25) is 4.79 Å². The minimum Gasteiger partial charge on any atom is -0.466 e. The van der Waals surface area contributed by atoms with Gasteiger partial charge in [0.2, 0.25) is 5.91 Å². The van der Waals surface area contributed by atoms with E-state index in [-0.39, 0.29) is 12.0 Å². The third kappa shape index (κ3) is 6.93. The van der Waals surface area contributed by atoms with Crippen molar-refractivity contribution in [1.29, 1.82) is 5.41 Å². The molecule has 2 rings (SSSR count). The number of rotatable bonds is 10. The highest BCUT2D eigenvalue weighted by Gasteiger charge is 2.08. The number of nitrogens with one attached hydrogen (secondary N) is 2. The number of benzene rings is 1. The summed E-state index contributed by atoms with van der Waals surface area (Å²) in [5.74, 6) is 1.78. The van der Waals surface area contributed by atoms with Crippen LogP contribution in [0.4, 0.5) is 5.69 Å². The van der Waals surface area contributed by atoms with Crippen molar-refractivity contribution in [2.45, 2.75) is 45.6 Å². The molecule has 1 aromatic heterocycles. The Balaban J connectivity index is 1.66. The highest BCUT2D eigenvalue weighted by molar-refractivity contribution is 5.88. The molecule has 1 atom stereocenters. The standard InChI is InChI=1S/C20H26N2O3/c1-15-5-10-19(25-15)11-12-20(14-21)24-13-3-4-17-6-8-18(9-7-17)22-16(2)23/h5-10,14,20-21H,3-4,11-13H2,1-2H3,(H,22,23). The maximum Gasteiger partial charge on any atom is 0.221 e. The van der Waals surface area contributed by atoms with Crippen molar-refractivity contribution in [3.63, 3.8) is 0 Å². The summed E-state index contributed by atoms with van der Waals surface area (Å²) in [4.78, 5) is 11.0. The normalized spacial score (nSPS) is 11.9. The number of furan rings is 1. The van der Waals surface area contributed by atoms with Crippen LogP contribution in [-0.2, 0) is 22.4 Å². The first-order valence-corrected chi connectivity index (χ1v) is 8.61. The molecule has 1 unspecified atom stereocenters. The first-order valence-electron chi connectivity index (χ1n) is 8.61. The summed E-state index contributed by atoms with van der Waals surface area (Å²) in [5, 5.41) is 10.2. The molecule has 0 saturated carbocycles. The van der Waals surface area contributed by atoms with Crippen LogP contribution >= 0.6 is 0 Å². The summed E-state index contributed by atoms with van der Waals surface area (Å²) in [6.07, 6.45) is 4.51. The lowest BCUT2D eigenvalue weighted by Crippen LogP contribution is -2.16. The van der Waals surface area contributed by atoms with Crippen molar-refractivity contribution >= 4 is 17.8 Å². The number of hydrogen-bond acceptors (Lipinski definition) is 4. The van der Waals surface area contributed by atoms with E-state index >= 15 is 0 Å². The molecule has 0 aliphatic carbocycles. The van der Waals surface area contributed by atoms with Crippen molar-refractivity contribution in [2.24, 2.45) is 0 Å². The number of ether oxygens (including phenoxy) is 1. The van der Waals surface area contributed by atoms with Gasteiger partial charge in [0.1, 0.15) is 11.5 Å². The summed E-state index contributed by atoms with van der Waals surface area (Å²) in [6, 6.07) is 11.8. The van der Waals surface area contributed by atoms with Crippen LogP contribution in [0.5, 0.6) is 0 Å². The average Bonchev–Trinajstić information content (AvgIpc) is 3.00. The van der Waals surface area contributed by atoms with Crippen molar-refractivity contribution in [1.82, 2.24) is 0 Å². The van der Waals surface area contributed by atoms with Crippen LogP contribution in [0.2, 0.25) is 0 Å². The molecule has 0 radical (unpaired) electrons.